The zero-order valence-corrected chi connectivity index (χ0v) is 15.3. The number of hydrogen-bond donors (Lipinski definition) is 1. The summed E-state index contributed by atoms with van der Waals surface area (Å²) >= 11 is 0. The first-order valence-electron chi connectivity index (χ1n) is 9.11. The number of carbonyl (C=O) groups is 1. The number of anilines is 1. The summed E-state index contributed by atoms with van der Waals surface area (Å²) in [7, 11) is 0. The van der Waals surface area contributed by atoms with Crippen molar-refractivity contribution in [2.24, 2.45) is 0 Å². The van der Waals surface area contributed by atoms with Gasteiger partial charge in [-0.15, -0.1) is 0 Å². The van der Waals surface area contributed by atoms with E-state index in [1.165, 1.54) is 0 Å². The lowest BCUT2D eigenvalue weighted by atomic mass is 10.1. The molecule has 1 aromatic heterocycles. The zero-order chi connectivity index (χ0) is 19.2. The molecule has 4 rings (SSSR count). The summed E-state index contributed by atoms with van der Waals surface area (Å²) in [6.07, 6.45) is 4.04. The molecule has 4 heteroatoms. The number of carbonyl (C=O) groups excluding carboxylic acids is 1. The van der Waals surface area contributed by atoms with E-state index >= 15 is 0 Å². The van der Waals surface area contributed by atoms with Gasteiger partial charge in [0.05, 0.1) is 5.69 Å². The first-order chi connectivity index (χ1) is 13.8. The quantitative estimate of drug-likeness (QED) is 0.483. The van der Waals surface area contributed by atoms with Crippen LogP contribution in [-0.4, -0.2) is 10.5 Å². The molecule has 0 atom stereocenters. The van der Waals surface area contributed by atoms with Crippen LogP contribution in [0.1, 0.15) is 15.9 Å². The topological polar surface area (TPSA) is 43.3 Å². The van der Waals surface area contributed by atoms with Gasteiger partial charge in [-0.25, -0.2) is 0 Å². The first kappa shape index (κ1) is 17.6. The Morgan fingerprint density at radius 3 is 2.21 bits per heavy atom. The van der Waals surface area contributed by atoms with Crippen molar-refractivity contribution in [1.82, 2.24) is 4.57 Å². The number of hydrogen-bond acceptors (Lipinski definition) is 2. The monoisotopic (exact) mass is 368 g/mol. The number of nitrogens with zero attached hydrogens (tertiary/aromatic N) is 1. The van der Waals surface area contributed by atoms with Crippen molar-refractivity contribution >= 4 is 11.6 Å². The Balaban J connectivity index is 1.46. The van der Waals surface area contributed by atoms with Crippen molar-refractivity contribution in [3.05, 3.63) is 115 Å². The SMILES string of the molecule is O=C(Nc1ccccc1Oc1ccccc1)c1ccc(Cn2cccc2)cc1. The summed E-state index contributed by atoms with van der Waals surface area (Å²) in [4.78, 5) is 12.7. The van der Waals surface area contributed by atoms with Crippen LogP contribution in [0.4, 0.5) is 5.69 Å². The third-order valence-electron chi connectivity index (χ3n) is 4.35. The van der Waals surface area contributed by atoms with Crippen molar-refractivity contribution in [1.29, 1.82) is 0 Å². The molecular formula is C24H20N2O2. The minimum atomic E-state index is -0.170. The van der Waals surface area contributed by atoms with Gasteiger partial charge in [0, 0.05) is 24.5 Å². The Hall–Kier alpha value is -3.79. The molecule has 0 saturated heterocycles. The molecule has 1 N–H and O–H groups in total. The van der Waals surface area contributed by atoms with Crippen molar-refractivity contribution in [3.8, 4) is 11.5 Å². The molecule has 0 radical (unpaired) electrons. The molecular weight excluding hydrogens is 348 g/mol. The lowest BCUT2D eigenvalue weighted by Crippen LogP contribution is -2.12. The number of para-hydroxylation sites is 3. The second-order valence-corrected chi connectivity index (χ2v) is 6.42. The Bertz CT molecular complexity index is 1040. The average Bonchev–Trinajstić information content (AvgIpc) is 3.24. The van der Waals surface area contributed by atoms with Crippen molar-refractivity contribution < 1.29 is 9.53 Å². The van der Waals surface area contributed by atoms with Gasteiger partial charge in [0.1, 0.15) is 5.75 Å². The molecule has 0 aliphatic carbocycles. The van der Waals surface area contributed by atoms with Gasteiger partial charge in [-0.05, 0) is 54.1 Å². The van der Waals surface area contributed by atoms with Crippen LogP contribution in [0.2, 0.25) is 0 Å². The maximum Gasteiger partial charge on any atom is 0.255 e. The average molecular weight is 368 g/mol. The second-order valence-electron chi connectivity index (χ2n) is 6.42. The summed E-state index contributed by atoms with van der Waals surface area (Å²) in [5.74, 6) is 1.15. The number of aromatic nitrogens is 1. The Kier molecular flexibility index (Phi) is 5.20. The predicted octanol–water partition coefficient (Wildman–Crippen LogP) is 5.58. The Morgan fingerprint density at radius 2 is 1.46 bits per heavy atom. The smallest absolute Gasteiger partial charge is 0.255 e. The molecule has 0 unspecified atom stereocenters. The van der Waals surface area contributed by atoms with Gasteiger partial charge in [0.25, 0.3) is 5.91 Å². The highest BCUT2D eigenvalue weighted by Gasteiger charge is 2.10. The van der Waals surface area contributed by atoms with Crippen LogP contribution in [0.5, 0.6) is 11.5 Å². The summed E-state index contributed by atoms with van der Waals surface area (Å²) in [5.41, 5.74) is 2.37. The highest BCUT2D eigenvalue weighted by atomic mass is 16.5. The van der Waals surface area contributed by atoms with E-state index in [4.69, 9.17) is 4.74 Å². The molecule has 28 heavy (non-hydrogen) atoms. The predicted molar refractivity (Wildman–Crippen MR) is 111 cm³/mol. The van der Waals surface area contributed by atoms with Crippen LogP contribution in [-0.2, 0) is 6.54 Å². The van der Waals surface area contributed by atoms with E-state index in [9.17, 15) is 4.79 Å². The number of ether oxygens (including phenoxy) is 1. The van der Waals surface area contributed by atoms with Crippen molar-refractivity contribution in [3.63, 3.8) is 0 Å². The molecule has 0 spiro atoms. The van der Waals surface area contributed by atoms with Crippen LogP contribution in [0, 0.1) is 0 Å². The van der Waals surface area contributed by atoms with Gasteiger partial charge >= 0.3 is 0 Å². The summed E-state index contributed by atoms with van der Waals surface area (Å²) in [5, 5.41) is 2.94. The van der Waals surface area contributed by atoms with E-state index in [2.05, 4.69) is 9.88 Å². The fraction of sp³-hybridized carbons (Fsp3) is 0.0417. The van der Waals surface area contributed by atoms with E-state index in [1.807, 2.05) is 103 Å². The molecule has 0 fully saturated rings. The van der Waals surface area contributed by atoms with Crippen LogP contribution in [0.3, 0.4) is 0 Å². The third-order valence-corrected chi connectivity index (χ3v) is 4.35. The number of nitrogens with one attached hydrogen (secondary N) is 1. The first-order valence-corrected chi connectivity index (χ1v) is 9.11. The summed E-state index contributed by atoms with van der Waals surface area (Å²) in [6, 6.07) is 28.5. The van der Waals surface area contributed by atoms with Crippen molar-refractivity contribution in [2.75, 3.05) is 5.32 Å². The molecule has 0 bridgehead atoms. The maximum atomic E-state index is 12.7. The largest absolute Gasteiger partial charge is 0.455 e. The van der Waals surface area contributed by atoms with Crippen LogP contribution < -0.4 is 10.1 Å². The number of amides is 1. The van der Waals surface area contributed by atoms with Crippen molar-refractivity contribution in [2.45, 2.75) is 6.54 Å². The highest BCUT2D eigenvalue weighted by Crippen LogP contribution is 2.29. The minimum Gasteiger partial charge on any atom is -0.455 e. The second kappa shape index (κ2) is 8.27. The van der Waals surface area contributed by atoms with Crippen LogP contribution in [0.25, 0.3) is 0 Å². The van der Waals surface area contributed by atoms with Crippen LogP contribution in [0.15, 0.2) is 103 Å². The van der Waals surface area contributed by atoms with E-state index < -0.39 is 0 Å². The standard InChI is InChI=1S/C24H20N2O2/c27-24(20-14-12-19(13-15-20)18-26-16-6-7-17-26)25-22-10-4-5-11-23(22)28-21-8-2-1-3-9-21/h1-17H,18H2,(H,25,27). The molecule has 4 nitrogen and oxygen atoms in total. The van der Waals surface area contributed by atoms with Gasteiger partial charge in [-0.1, -0.05) is 42.5 Å². The number of benzene rings is 3. The van der Waals surface area contributed by atoms with Gasteiger partial charge < -0.3 is 14.6 Å². The molecule has 0 aliphatic heterocycles. The molecule has 1 amide bonds. The van der Waals surface area contributed by atoms with E-state index in [-0.39, 0.29) is 5.91 Å². The minimum absolute atomic E-state index is 0.170. The third kappa shape index (κ3) is 4.30. The van der Waals surface area contributed by atoms with E-state index in [0.29, 0.717) is 17.0 Å². The fourth-order valence-electron chi connectivity index (χ4n) is 2.92. The van der Waals surface area contributed by atoms with Gasteiger partial charge in [0.15, 0.2) is 5.75 Å². The fourth-order valence-corrected chi connectivity index (χ4v) is 2.92. The number of rotatable bonds is 6. The van der Waals surface area contributed by atoms with E-state index in [0.717, 1.165) is 17.9 Å². The molecule has 138 valence electrons. The summed E-state index contributed by atoms with van der Waals surface area (Å²) in [6.45, 7) is 0.780. The highest BCUT2D eigenvalue weighted by molar-refractivity contribution is 6.05. The van der Waals surface area contributed by atoms with Gasteiger partial charge in [-0.3, -0.25) is 4.79 Å². The normalized spacial score (nSPS) is 10.4. The lowest BCUT2D eigenvalue weighted by Gasteiger charge is -2.12. The van der Waals surface area contributed by atoms with E-state index in [1.54, 1.807) is 0 Å². The molecule has 0 aliphatic rings. The molecule has 3 aromatic carbocycles. The zero-order valence-electron chi connectivity index (χ0n) is 15.3. The Labute approximate surface area is 164 Å². The molecule has 4 aromatic rings. The van der Waals surface area contributed by atoms with Crippen LogP contribution >= 0.6 is 0 Å². The van der Waals surface area contributed by atoms with Gasteiger partial charge in [-0.2, -0.15) is 0 Å². The Morgan fingerprint density at radius 1 is 0.786 bits per heavy atom. The molecule has 1 heterocycles. The maximum absolute atomic E-state index is 12.7. The van der Waals surface area contributed by atoms with Gasteiger partial charge in [0.2, 0.25) is 0 Å². The molecule has 0 saturated carbocycles. The lowest BCUT2D eigenvalue weighted by molar-refractivity contribution is 0.102. The summed E-state index contributed by atoms with van der Waals surface area (Å²) < 4.78 is 8.00.